The van der Waals surface area contributed by atoms with Gasteiger partial charge in [-0.1, -0.05) is 18.9 Å². The lowest BCUT2D eigenvalue weighted by Gasteiger charge is -2.17. The molecular weight excluding hydrogens is 288 g/mol. The summed E-state index contributed by atoms with van der Waals surface area (Å²) in [5, 5.41) is 18.7. The Morgan fingerprint density at radius 1 is 1.35 bits per heavy atom. The zero-order chi connectivity index (χ0) is 13.8. The largest absolute Gasteiger partial charge is 0.392 e. The smallest absolute Gasteiger partial charge is 0.133 e. The van der Waals surface area contributed by atoms with Gasteiger partial charge >= 0.3 is 0 Å². The van der Waals surface area contributed by atoms with Crippen molar-refractivity contribution in [2.45, 2.75) is 38.3 Å². The summed E-state index contributed by atoms with van der Waals surface area (Å²) in [6.07, 6.45) is 4.72. The lowest BCUT2D eigenvalue weighted by Crippen LogP contribution is -2.31. The third kappa shape index (κ3) is 3.47. The molecule has 2 N–H and O–H groups in total. The van der Waals surface area contributed by atoms with Gasteiger partial charge in [0.2, 0.25) is 0 Å². The van der Waals surface area contributed by atoms with Gasteiger partial charge < -0.3 is 10.4 Å². The standard InChI is InChI=1S/C15H20N2OS2/c18-13(11-4-1-2-5-11)9-16-8-12-10-20-15(17-12)14-6-3-7-19-14/h3,6-7,10-11,13,16,18H,1-2,4-5,8-9H2. The van der Waals surface area contributed by atoms with Gasteiger partial charge in [0.25, 0.3) is 0 Å². The molecule has 3 nitrogen and oxygen atoms in total. The quantitative estimate of drug-likeness (QED) is 0.858. The lowest BCUT2D eigenvalue weighted by atomic mass is 10.0. The Balaban J connectivity index is 1.46. The molecule has 2 heterocycles. The minimum Gasteiger partial charge on any atom is -0.392 e. The highest BCUT2D eigenvalue weighted by Crippen LogP contribution is 2.28. The van der Waals surface area contributed by atoms with E-state index in [2.05, 4.69) is 33.2 Å². The van der Waals surface area contributed by atoms with E-state index in [-0.39, 0.29) is 6.10 Å². The van der Waals surface area contributed by atoms with Crippen molar-refractivity contribution in [1.29, 1.82) is 0 Å². The fraction of sp³-hybridized carbons (Fsp3) is 0.533. The molecular formula is C15H20N2OS2. The van der Waals surface area contributed by atoms with E-state index >= 15 is 0 Å². The van der Waals surface area contributed by atoms with Crippen molar-refractivity contribution in [1.82, 2.24) is 10.3 Å². The fourth-order valence-corrected chi connectivity index (χ4v) is 4.39. The van der Waals surface area contributed by atoms with Crippen molar-refractivity contribution in [2.24, 2.45) is 5.92 Å². The molecule has 0 spiro atoms. The van der Waals surface area contributed by atoms with Gasteiger partial charge in [0.1, 0.15) is 5.01 Å². The van der Waals surface area contributed by atoms with E-state index in [1.807, 2.05) is 0 Å². The Hall–Kier alpha value is -0.750. The van der Waals surface area contributed by atoms with E-state index in [0.717, 1.165) is 17.2 Å². The first kappa shape index (κ1) is 14.2. The maximum Gasteiger partial charge on any atom is 0.133 e. The molecule has 1 fully saturated rings. The SMILES string of the molecule is OC(CNCc1csc(-c2cccs2)n1)C1CCCC1. The molecule has 2 aromatic rings. The van der Waals surface area contributed by atoms with Gasteiger partial charge in [-0.3, -0.25) is 0 Å². The lowest BCUT2D eigenvalue weighted by molar-refractivity contribution is 0.109. The van der Waals surface area contributed by atoms with Crippen molar-refractivity contribution in [2.75, 3.05) is 6.54 Å². The van der Waals surface area contributed by atoms with E-state index in [0.29, 0.717) is 12.5 Å². The van der Waals surface area contributed by atoms with Gasteiger partial charge in [0, 0.05) is 18.5 Å². The molecule has 0 aromatic carbocycles. The second kappa shape index (κ2) is 6.80. The molecule has 0 amide bonds. The van der Waals surface area contributed by atoms with Gasteiger partial charge in [-0.05, 0) is 30.2 Å². The highest BCUT2D eigenvalue weighted by atomic mass is 32.1. The van der Waals surface area contributed by atoms with Crippen LogP contribution in [0.2, 0.25) is 0 Å². The molecule has 0 bridgehead atoms. The van der Waals surface area contributed by atoms with Crippen LogP contribution in [0.3, 0.4) is 0 Å². The molecule has 1 aliphatic carbocycles. The fourth-order valence-electron chi connectivity index (χ4n) is 2.76. The zero-order valence-corrected chi connectivity index (χ0v) is 13.1. The molecule has 1 atom stereocenters. The van der Waals surface area contributed by atoms with Crippen molar-refractivity contribution in [3.8, 4) is 9.88 Å². The number of aliphatic hydroxyl groups is 1. The maximum atomic E-state index is 10.1. The van der Waals surface area contributed by atoms with Crippen LogP contribution >= 0.6 is 22.7 Å². The number of aliphatic hydroxyl groups excluding tert-OH is 1. The summed E-state index contributed by atoms with van der Waals surface area (Å²) in [7, 11) is 0. The highest BCUT2D eigenvalue weighted by molar-refractivity contribution is 7.20. The number of hydrogen-bond acceptors (Lipinski definition) is 5. The van der Waals surface area contributed by atoms with E-state index in [4.69, 9.17) is 0 Å². The number of thiazole rings is 1. The number of nitrogens with zero attached hydrogens (tertiary/aromatic N) is 1. The molecule has 0 aliphatic heterocycles. The molecule has 1 saturated carbocycles. The molecule has 1 aliphatic rings. The summed E-state index contributed by atoms with van der Waals surface area (Å²) in [5.41, 5.74) is 1.07. The highest BCUT2D eigenvalue weighted by Gasteiger charge is 2.22. The average molecular weight is 308 g/mol. The number of rotatable bonds is 6. The van der Waals surface area contributed by atoms with E-state index in [1.54, 1.807) is 22.7 Å². The predicted octanol–water partition coefficient (Wildman–Crippen LogP) is 3.51. The molecule has 2 aromatic heterocycles. The molecule has 5 heteroatoms. The van der Waals surface area contributed by atoms with Crippen molar-refractivity contribution < 1.29 is 5.11 Å². The number of thiophene rings is 1. The molecule has 1 unspecified atom stereocenters. The zero-order valence-electron chi connectivity index (χ0n) is 11.4. The van der Waals surface area contributed by atoms with Crippen LogP contribution in [0.5, 0.6) is 0 Å². The van der Waals surface area contributed by atoms with Gasteiger partial charge in [-0.25, -0.2) is 4.98 Å². The van der Waals surface area contributed by atoms with Crippen LogP contribution in [0, 0.1) is 5.92 Å². The molecule has 20 heavy (non-hydrogen) atoms. The Morgan fingerprint density at radius 2 is 2.20 bits per heavy atom. The van der Waals surface area contributed by atoms with Crippen molar-refractivity contribution in [3.05, 3.63) is 28.6 Å². The van der Waals surface area contributed by atoms with Crippen LogP contribution in [0.4, 0.5) is 0 Å². The summed E-state index contributed by atoms with van der Waals surface area (Å²) in [6, 6.07) is 4.15. The summed E-state index contributed by atoms with van der Waals surface area (Å²) in [6.45, 7) is 1.42. The summed E-state index contributed by atoms with van der Waals surface area (Å²) >= 11 is 3.41. The molecule has 0 saturated heterocycles. The third-order valence-corrected chi connectivity index (χ3v) is 5.82. The van der Waals surface area contributed by atoms with Crippen LogP contribution in [0.1, 0.15) is 31.4 Å². The van der Waals surface area contributed by atoms with Crippen LogP contribution in [0.15, 0.2) is 22.9 Å². The minimum atomic E-state index is -0.201. The second-order valence-corrected chi connectivity index (χ2v) is 7.17. The average Bonchev–Trinajstić information content (AvgIpc) is 3.20. The van der Waals surface area contributed by atoms with Crippen LogP contribution in [0.25, 0.3) is 9.88 Å². The van der Waals surface area contributed by atoms with Crippen molar-refractivity contribution >= 4 is 22.7 Å². The minimum absolute atomic E-state index is 0.201. The molecule has 108 valence electrons. The van der Waals surface area contributed by atoms with Gasteiger partial charge in [0.05, 0.1) is 16.7 Å². The predicted molar refractivity (Wildman–Crippen MR) is 85.1 cm³/mol. The van der Waals surface area contributed by atoms with Crippen LogP contribution < -0.4 is 5.32 Å². The Labute approximate surface area is 127 Å². The maximum absolute atomic E-state index is 10.1. The Kier molecular flexibility index (Phi) is 4.83. The number of nitrogens with one attached hydrogen (secondary N) is 1. The normalized spacial score (nSPS) is 17.6. The Bertz CT molecular complexity index is 518. The van der Waals surface area contributed by atoms with E-state index in [1.165, 1.54) is 30.6 Å². The van der Waals surface area contributed by atoms with Gasteiger partial charge in [-0.15, -0.1) is 22.7 Å². The third-order valence-electron chi connectivity index (χ3n) is 3.89. The van der Waals surface area contributed by atoms with E-state index < -0.39 is 0 Å². The number of hydrogen-bond donors (Lipinski definition) is 2. The first-order valence-corrected chi connectivity index (χ1v) is 8.96. The first-order chi connectivity index (χ1) is 9.83. The first-order valence-electron chi connectivity index (χ1n) is 7.20. The summed E-state index contributed by atoms with van der Waals surface area (Å²) in [5.74, 6) is 0.500. The number of aromatic nitrogens is 1. The van der Waals surface area contributed by atoms with Gasteiger partial charge in [0.15, 0.2) is 0 Å². The molecule has 0 radical (unpaired) electrons. The van der Waals surface area contributed by atoms with Crippen molar-refractivity contribution in [3.63, 3.8) is 0 Å². The van der Waals surface area contributed by atoms with Crippen LogP contribution in [-0.4, -0.2) is 22.7 Å². The monoisotopic (exact) mass is 308 g/mol. The van der Waals surface area contributed by atoms with E-state index in [9.17, 15) is 5.11 Å². The summed E-state index contributed by atoms with van der Waals surface area (Å²) < 4.78 is 0. The second-order valence-electron chi connectivity index (χ2n) is 5.36. The van der Waals surface area contributed by atoms with Crippen LogP contribution in [-0.2, 0) is 6.54 Å². The topological polar surface area (TPSA) is 45.1 Å². The van der Waals surface area contributed by atoms with Gasteiger partial charge in [-0.2, -0.15) is 0 Å². The summed E-state index contributed by atoms with van der Waals surface area (Å²) in [4.78, 5) is 5.86. The molecule has 3 rings (SSSR count). The Morgan fingerprint density at radius 3 is 2.95 bits per heavy atom.